The van der Waals surface area contributed by atoms with Gasteiger partial charge in [0.2, 0.25) is 5.91 Å². The molecule has 0 fully saturated rings. The van der Waals surface area contributed by atoms with E-state index in [0.717, 1.165) is 25.2 Å². The summed E-state index contributed by atoms with van der Waals surface area (Å²) in [5, 5.41) is 8.05. The van der Waals surface area contributed by atoms with Gasteiger partial charge in [-0.2, -0.15) is 5.10 Å². The van der Waals surface area contributed by atoms with Crippen molar-refractivity contribution < 1.29 is 9.53 Å². The SMILES string of the molecule is Cc1ccc(CNCC2OCCc3cn(CC(=O)N(C)C)nc32)s1. The van der Waals surface area contributed by atoms with Crippen molar-refractivity contribution in [2.24, 2.45) is 0 Å². The molecule has 1 N–H and O–H groups in total. The predicted molar refractivity (Wildman–Crippen MR) is 94.1 cm³/mol. The molecule has 3 heterocycles. The highest BCUT2D eigenvalue weighted by Gasteiger charge is 2.25. The number of aromatic nitrogens is 2. The van der Waals surface area contributed by atoms with Gasteiger partial charge >= 0.3 is 0 Å². The summed E-state index contributed by atoms with van der Waals surface area (Å²) < 4.78 is 7.62. The smallest absolute Gasteiger partial charge is 0.243 e. The molecule has 6 nitrogen and oxygen atoms in total. The third-order valence-corrected chi connectivity index (χ3v) is 5.09. The Labute approximate surface area is 146 Å². The van der Waals surface area contributed by atoms with Gasteiger partial charge in [-0.3, -0.25) is 9.48 Å². The highest BCUT2D eigenvalue weighted by atomic mass is 32.1. The number of ether oxygens (including phenoxy) is 1. The minimum atomic E-state index is -0.0504. The molecule has 1 unspecified atom stereocenters. The van der Waals surface area contributed by atoms with Gasteiger partial charge < -0.3 is 15.0 Å². The monoisotopic (exact) mass is 348 g/mol. The van der Waals surface area contributed by atoms with E-state index in [9.17, 15) is 4.79 Å². The number of carbonyl (C=O) groups is 1. The van der Waals surface area contributed by atoms with Crippen molar-refractivity contribution in [2.45, 2.75) is 32.5 Å². The molecule has 1 atom stereocenters. The second-order valence-electron chi connectivity index (χ2n) is 6.28. The Morgan fingerprint density at radius 3 is 3.04 bits per heavy atom. The highest BCUT2D eigenvalue weighted by Crippen LogP contribution is 2.25. The van der Waals surface area contributed by atoms with Crippen LogP contribution in [0, 0.1) is 6.92 Å². The molecular weight excluding hydrogens is 324 g/mol. The minimum Gasteiger partial charge on any atom is -0.370 e. The predicted octanol–water partition coefficient (Wildman–Crippen LogP) is 1.74. The number of nitrogens with one attached hydrogen (secondary N) is 1. The van der Waals surface area contributed by atoms with Gasteiger partial charge in [-0.05, 0) is 31.0 Å². The maximum Gasteiger partial charge on any atom is 0.243 e. The standard InChI is InChI=1S/C17H24N4O2S/c1-12-4-5-14(24-12)8-18-9-15-17-13(6-7-23-15)10-21(19-17)11-16(22)20(2)3/h4-5,10,15,18H,6-9,11H2,1-3H3. The lowest BCUT2D eigenvalue weighted by atomic mass is 10.1. The van der Waals surface area contributed by atoms with Crippen molar-refractivity contribution >= 4 is 17.2 Å². The Kier molecular flexibility index (Phi) is 5.33. The van der Waals surface area contributed by atoms with Crippen LogP contribution in [0.1, 0.15) is 27.1 Å². The van der Waals surface area contributed by atoms with Crippen molar-refractivity contribution in [3.63, 3.8) is 0 Å². The van der Waals surface area contributed by atoms with E-state index in [-0.39, 0.29) is 18.6 Å². The number of thiophene rings is 1. The summed E-state index contributed by atoms with van der Waals surface area (Å²) in [4.78, 5) is 16.1. The fourth-order valence-corrected chi connectivity index (χ4v) is 3.61. The third kappa shape index (κ3) is 4.03. The molecular formula is C17H24N4O2S. The lowest BCUT2D eigenvalue weighted by Gasteiger charge is -2.22. The van der Waals surface area contributed by atoms with E-state index in [0.29, 0.717) is 6.61 Å². The number of carbonyl (C=O) groups excluding carboxylic acids is 1. The number of amides is 1. The second kappa shape index (κ2) is 7.46. The molecule has 0 saturated carbocycles. The van der Waals surface area contributed by atoms with E-state index >= 15 is 0 Å². The summed E-state index contributed by atoms with van der Waals surface area (Å²) in [7, 11) is 3.52. The summed E-state index contributed by atoms with van der Waals surface area (Å²) in [5.41, 5.74) is 2.15. The number of fused-ring (bicyclic) bond motifs is 1. The summed E-state index contributed by atoms with van der Waals surface area (Å²) >= 11 is 1.81. The van der Waals surface area contributed by atoms with Crippen LogP contribution < -0.4 is 5.32 Å². The topological polar surface area (TPSA) is 59.4 Å². The van der Waals surface area contributed by atoms with E-state index in [2.05, 4.69) is 29.5 Å². The van der Waals surface area contributed by atoms with Crippen LogP contribution in [0.5, 0.6) is 0 Å². The first-order chi connectivity index (χ1) is 11.5. The second-order valence-corrected chi connectivity index (χ2v) is 7.65. The number of rotatable bonds is 6. The molecule has 0 radical (unpaired) electrons. The lowest BCUT2D eigenvalue weighted by Crippen LogP contribution is -2.28. The Hall–Kier alpha value is -1.70. The maximum atomic E-state index is 11.9. The van der Waals surface area contributed by atoms with E-state index in [1.807, 2.05) is 17.5 Å². The largest absolute Gasteiger partial charge is 0.370 e. The number of hydrogen-bond donors (Lipinski definition) is 1. The average Bonchev–Trinajstić information content (AvgIpc) is 3.13. The summed E-state index contributed by atoms with van der Waals surface area (Å²) in [5.74, 6) is 0.0403. The van der Waals surface area contributed by atoms with Crippen LogP contribution >= 0.6 is 11.3 Å². The maximum absolute atomic E-state index is 11.9. The van der Waals surface area contributed by atoms with E-state index in [1.165, 1.54) is 15.3 Å². The molecule has 2 aromatic rings. The Bertz CT molecular complexity index is 707. The molecule has 1 aliphatic rings. The highest BCUT2D eigenvalue weighted by molar-refractivity contribution is 7.11. The quantitative estimate of drug-likeness (QED) is 0.864. The molecule has 24 heavy (non-hydrogen) atoms. The van der Waals surface area contributed by atoms with Crippen LogP contribution in [0.15, 0.2) is 18.3 Å². The summed E-state index contributed by atoms with van der Waals surface area (Å²) in [6.45, 7) is 4.65. The lowest BCUT2D eigenvalue weighted by molar-refractivity contribution is -0.129. The van der Waals surface area contributed by atoms with Crippen molar-refractivity contribution in [2.75, 3.05) is 27.2 Å². The van der Waals surface area contributed by atoms with Gasteiger partial charge in [0.15, 0.2) is 0 Å². The zero-order valence-electron chi connectivity index (χ0n) is 14.4. The van der Waals surface area contributed by atoms with Crippen LogP contribution in [0.4, 0.5) is 0 Å². The number of hydrogen-bond acceptors (Lipinski definition) is 5. The molecule has 0 spiro atoms. The molecule has 7 heteroatoms. The van der Waals surface area contributed by atoms with Gasteiger partial charge in [-0.1, -0.05) is 0 Å². The molecule has 3 rings (SSSR count). The first-order valence-electron chi connectivity index (χ1n) is 8.17. The van der Waals surface area contributed by atoms with Gasteiger partial charge in [0, 0.05) is 43.1 Å². The van der Waals surface area contributed by atoms with Crippen LogP contribution in [0.3, 0.4) is 0 Å². The zero-order valence-corrected chi connectivity index (χ0v) is 15.2. The first-order valence-corrected chi connectivity index (χ1v) is 8.98. The van der Waals surface area contributed by atoms with Gasteiger partial charge in [-0.15, -0.1) is 11.3 Å². The van der Waals surface area contributed by atoms with Gasteiger partial charge in [0.05, 0.1) is 12.3 Å². The molecule has 130 valence electrons. The average molecular weight is 348 g/mol. The van der Waals surface area contributed by atoms with Crippen molar-refractivity contribution in [3.8, 4) is 0 Å². The molecule has 0 saturated heterocycles. The zero-order chi connectivity index (χ0) is 17.1. The Morgan fingerprint density at radius 2 is 2.33 bits per heavy atom. The summed E-state index contributed by atoms with van der Waals surface area (Å²) in [6.07, 6.45) is 2.78. The molecule has 0 aromatic carbocycles. The molecule has 1 amide bonds. The number of aryl methyl sites for hydroxylation is 1. The van der Waals surface area contributed by atoms with Crippen molar-refractivity contribution in [1.29, 1.82) is 0 Å². The fraction of sp³-hybridized carbons (Fsp3) is 0.529. The molecule has 2 aromatic heterocycles. The van der Waals surface area contributed by atoms with Crippen LogP contribution in [0.25, 0.3) is 0 Å². The molecule has 1 aliphatic heterocycles. The normalized spacial score (nSPS) is 16.9. The van der Waals surface area contributed by atoms with Crippen LogP contribution in [0.2, 0.25) is 0 Å². The summed E-state index contributed by atoms with van der Waals surface area (Å²) in [6, 6.07) is 4.29. The van der Waals surface area contributed by atoms with E-state index in [4.69, 9.17) is 4.74 Å². The first kappa shape index (κ1) is 17.1. The number of nitrogens with zero attached hydrogens (tertiary/aromatic N) is 3. The van der Waals surface area contributed by atoms with Gasteiger partial charge in [0.25, 0.3) is 0 Å². The van der Waals surface area contributed by atoms with E-state index in [1.54, 1.807) is 23.7 Å². The minimum absolute atomic E-state index is 0.0403. The van der Waals surface area contributed by atoms with E-state index < -0.39 is 0 Å². The van der Waals surface area contributed by atoms with Gasteiger partial charge in [0.1, 0.15) is 12.6 Å². The molecule has 0 aliphatic carbocycles. The third-order valence-electron chi connectivity index (χ3n) is 4.09. The van der Waals surface area contributed by atoms with Gasteiger partial charge in [-0.25, -0.2) is 0 Å². The Balaban J connectivity index is 1.60. The molecule has 0 bridgehead atoms. The van der Waals surface area contributed by atoms with Crippen LogP contribution in [-0.4, -0.2) is 47.8 Å². The van der Waals surface area contributed by atoms with Crippen LogP contribution in [-0.2, 0) is 29.0 Å². The number of likely N-dealkylation sites (N-methyl/N-ethyl adjacent to an activating group) is 1. The Morgan fingerprint density at radius 1 is 1.50 bits per heavy atom. The van der Waals surface area contributed by atoms with Crippen molar-refractivity contribution in [3.05, 3.63) is 39.3 Å². The fourth-order valence-electron chi connectivity index (χ4n) is 2.75. The van der Waals surface area contributed by atoms with Crippen molar-refractivity contribution in [1.82, 2.24) is 20.0 Å².